The van der Waals surface area contributed by atoms with Crippen LogP contribution in [0.5, 0.6) is 0 Å². The predicted octanol–water partition coefficient (Wildman–Crippen LogP) is 1.45. The topological polar surface area (TPSA) is 64.4 Å². The Morgan fingerprint density at radius 1 is 1.33 bits per heavy atom. The molecule has 6 nitrogen and oxygen atoms in total. The molecule has 0 saturated carbocycles. The number of esters is 1. The third-order valence-electron chi connectivity index (χ3n) is 3.38. The van der Waals surface area contributed by atoms with Crippen molar-refractivity contribution < 1.29 is 14.3 Å². The lowest BCUT2D eigenvalue weighted by molar-refractivity contribution is -0.141. The van der Waals surface area contributed by atoms with Crippen molar-refractivity contribution in [3.05, 3.63) is 30.6 Å². The minimum atomic E-state index is -0.311. The lowest BCUT2D eigenvalue weighted by Gasteiger charge is -2.20. The van der Waals surface area contributed by atoms with Crippen molar-refractivity contribution in [2.75, 3.05) is 20.2 Å². The molecule has 21 heavy (non-hydrogen) atoms. The number of aromatic nitrogens is 2. The van der Waals surface area contributed by atoms with E-state index in [-0.39, 0.29) is 24.8 Å². The SMILES string of the molecule is CCN(CCC(=O)OC)C(=O)Cn1cnc2ccccc21. The fraction of sp³-hybridized carbons (Fsp3) is 0.400. The lowest BCUT2D eigenvalue weighted by Crippen LogP contribution is -2.35. The number of hydrogen-bond acceptors (Lipinski definition) is 4. The number of carbonyl (C=O) groups excluding carboxylic acids is 2. The summed E-state index contributed by atoms with van der Waals surface area (Å²) in [5.41, 5.74) is 1.79. The van der Waals surface area contributed by atoms with E-state index >= 15 is 0 Å². The Morgan fingerprint density at radius 2 is 2.10 bits per heavy atom. The molecule has 0 fully saturated rings. The van der Waals surface area contributed by atoms with Crippen LogP contribution in [-0.4, -0.2) is 46.5 Å². The van der Waals surface area contributed by atoms with Gasteiger partial charge < -0.3 is 14.2 Å². The molecule has 1 aromatic carbocycles. The molecule has 1 heterocycles. The van der Waals surface area contributed by atoms with E-state index in [9.17, 15) is 9.59 Å². The Kier molecular flexibility index (Phi) is 4.92. The molecule has 0 bridgehead atoms. The van der Waals surface area contributed by atoms with Crippen molar-refractivity contribution in [3.8, 4) is 0 Å². The van der Waals surface area contributed by atoms with Gasteiger partial charge in [0.1, 0.15) is 6.54 Å². The van der Waals surface area contributed by atoms with Gasteiger partial charge in [-0.25, -0.2) is 4.98 Å². The molecule has 0 radical (unpaired) electrons. The van der Waals surface area contributed by atoms with Gasteiger partial charge in [0.15, 0.2) is 0 Å². The van der Waals surface area contributed by atoms with Crippen LogP contribution in [0.1, 0.15) is 13.3 Å². The molecule has 6 heteroatoms. The first-order valence-corrected chi connectivity index (χ1v) is 6.90. The minimum absolute atomic E-state index is 0.0374. The number of nitrogens with zero attached hydrogens (tertiary/aromatic N) is 3. The molecule has 0 aliphatic carbocycles. The number of carbonyl (C=O) groups is 2. The fourth-order valence-electron chi connectivity index (χ4n) is 2.17. The second-order valence-corrected chi connectivity index (χ2v) is 4.66. The van der Waals surface area contributed by atoms with Crippen molar-refractivity contribution in [2.45, 2.75) is 19.9 Å². The van der Waals surface area contributed by atoms with Crippen molar-refractivity contribution >= 4 is 22.9 Å². The molecule has 1 amide bonds. The van der Waals surface area contributed by atoms with Gasteiger partial charge in [-0.05, 0) is 19.1 Å². The largest absolute Gasteiger partial charge is 0.469 e. The summed E-state index contributed by atoms with van der Waals surface area (Å²) in [4.78, 5) is 29.4. The van der Waals surface area contributed by atoms with Crippen LogP contribution in [0, 0.1) is 0 Å². The maximum atomic E-state index is 12.3. The maximum absolute atomic E-state index is 12.3. The molecule has 112 valence electrons. The first kappa shape index (κ1) is 15.0. The van der Waals surface area contributed by atoms with Crippen LogP contribution in [0.25, 0.3) is 11.0 Å². The van der Waals surface area contributed by atoms with E-state index < -0.39 is 0 Å². The molecule has 0 N–H and O–H groups in total. The van der Waals surface area contributed by atoms with Gasteiger partial charge in [-0.1, -0.05) is 12.1 Å². The monoisotopic (exact) mass is 289 g/mol. The van der Waals surface area contributed by atoms with Crippen molar-refractivity contribution in [1.29, 1.82) is 0 Å². The highest BCUT2D eigenvalue weighted by molar-refractivity contribution is 5.81. The molecule has 2 rings (SSSR count). The number of rotatable bonds is 6. The number of benzene rings is 1. The number of hydrogen-bond donors (Lipinski definition) is 0. The molecule has 2 aromatic rings. The molecule has 0 atom stereocenters. The number of methoxy groups -OCH3 is 1. The molecular weight excluding hydrogens is 270 g/mol. The fourth-order valence-corrected chi connectivity index (χ4v) is 2.17. The molecule has 0 unspecified atom stereocenters. The van der Waals surface area contributed by atoms with Crippen LogP contribution in [0.3, 0.4) is 0 Å². The summed E-state index contributed by atoms with van der Waals surface area (Å²) in [6.45, 7) is 3.04. The zero-order valence-electron chi connectivity index (χ0n) is 12.3. The number of amides is 1. The normalized spacial score (nSPS) is 10.6. The Labute approximate surface area is 123 Å². The number of para-hydroxylation sites is 2. The molecule has 0 saturated heterocycles. The average Bonchev–Trinajstić information content (AvgIpc) is 2.91. The molecule has 1 aromatic heterocycles. The van der Waals surface area contributed by atoms with Gasteiger partial charge in [-0.15, -0.1) is 0 Å². The second-order valence-electron chi connectivity index (χ2n) is 4.66. The van der Waals surface area contributed by atoms with Crippen molar-refractivity contribution in [3.63, 3.8) is 0 Å². The molecule has 0 aliphatic rings. The van der Waals surface area contributed by atoms with E-state index in [0.29, 0.717) is 13.1 Å². The van der Waals surface area contributed by atoms with Crippen LogP contribution < -0.4 is 0 Å². The first-order chi connectivity index (χ1) is 10.2. The number of ether oxygens (including phenoxy) is 1. The van der Waals surface area contributed by atoms with Gasteiger partial charge >= 0.3 is 5.97 Å². The highest BCUT2D eigenvalue weighted by Crippen LogP contribution is 2.12. The highest BCUT2D eigenvalue weighted by atomic mass is 16.5. The number of imidazole rings is 1. The average molecular weight is 289 g/mol. The van der Waals surface area contributed by atoms with Crippen LogP contribution in [-0.2, 0) is 20.9 Å². The standard InChI is InChI=1S/C15H19N3O3/c1-3-17(9-8-15(20)21-2)14(19)10-18-11-16-12-6-4-5-7-13(12)18/h4-7,11H,3,8-10H2,1-2H3. The van der Waals surface area contributed by atoms with Gasteiger partial charge in [0.05, 0.1) is 30.9 Å². The molecule has 0 spiro atoms. The third-order valence-corrected chi connectivity index (χ3v) is 3.38. The first-order valence-electron chi connectivity index (χ1n) is 6.90. The minimum Gasteiger partial charge on any atom is -0.469 e. The van der Waals surface area contributed by atoms with Gasteiger partial charge in [-0.2, -0.15) is 0 Å². The summed E-state index contributed by atoms with van der Waals surface area (Å²) < 4.78 is 6.41. The quantitative estimate of drug-likeness (QED) is 0.755. The van der Waals surface area contributed by atoms with Crippen molar-refractivity contribution in [1.82, 2.24) is 14.5 Å². The summed E-state index contributed by atoms with van der Waals surface area (Å²) in [6.07, 6.45) is 1.87. The third kappa shape index (κ3) is 3.59. The Balaban J connectivity index is 2.03. The Hall–Kier alpha value is -2.37. The van der Waals surface area contributed by atoms with Crippen LogP contribution in [0.15, 0.2) is 30.6 Å². The van der Waals surface area contributed by atoms with E-state index in [4.69, 9.17) is 0 Å². The summed E-state index contributed by atoms with van der Waals surface area (Å²) >= 11 is 0. The Bertz CT molecular complexity index is 636. The summed E-state index contributed by atoms with van der Waals surface area (Å²) in [6, 6.07) is 7.67. The number of fused-ring (bicyclic) bond motifs is 1. The molecular formula is C15H19N3O3. The zero-order chi connectivity index (χ0) is 15.2. The van der Waals surface area contributed by atoms with Crippen molar-refractivity contribution in [2.24, 2.45) is 0 Å². The summed E-state index contributed by atoms with van der Waals surface area (Å²) in [5.74, 6) is -0.348. The smallest absolute Gasteiger partial charge is 0.307 e. The van der Waals surface area contributed by atoms with E-state index in [1.807, 2.05) is 35.8 Å². The van der Waals surface area contributed by atoms with E-state index in [0.717, 1.165) is 11.0 Å². The lowest BCUT2D eigenvalue weighted by atomic mass is 10.3. The Morgan fingerprint density at radius 3 is 2.81 bits per heavy atom. The van der Waals surface area contributed by atoms with E-state index in [2.05, 4.69) is 9.72 Å². The second kappa shape index (κ2) is 6.88. The van der Waals surface area contributed by atoms with E-state index in [1.165, 1.54) is 7.11 Å². The highest BCUT2D eigenvalue weighted by Gasteiger charge is 2.15. The molecule has 0 aliphatic heterocycles. The van der Waals surface area contributed by atoms with E-state index in [1.54, 1.807) is 11.2 Å². The summed E-state index contributed by atoms with van der Waals surface area (Å²) in [5, 5.41) is 0. The van der Waals surface area contributed by atoms with Gasteiger partial charge in [-0.3, -0.25) is 9.59 Å². The van der Waals surface area contributed by atoms with Gasteiger partial charge in [0.2, 0.25) is 5.91 Å². The van der Waals surface area contributed by atoms with Crippen LogP contribution in [0.4, 0.5) is 0 Å². The summed E-state index contributed by atoms with van der Waals surface area (Å²) in [7, 11) is 1.35. The zero-order valence-corrected chi connectivity index (χ0v) is 12.3. The van der Waals surface area contributed by atoms with Gasteiger partial charge in [0.25, 0.3) is 0 Å². The van der Waals surface area contributed by atoms with Crippen LogP contribution in [0.2, 0.25) is 0 Å². The maximum Gasteiger partial charge on any atom is 0.307 e. The van der Waals surface area contributed by atoms with Gasteiger partial charge in [0, 0.05) is 13.1 Å². The predicted molar refractivity (Wildman–Crippen MR) is 78.6 cm³/mol. The number of likely N-dealkylation sites (N-methyl/N-ethyl adjacent to an activating group) is 1. The van der Waals surface area contributed by atoms with Crippen LogP contribution >= 0.6 is 0 Å².